The summed E-state index contributed by atoms with van der Waals surface area (Å²) in [4.78, 5) is 18.6. The smallest absolute Gasteiger partial charge is 0.237 e. The van der Waals surface area contributed by atoms with Gasteiger partial charge in [-0.05, 0) is 31.5 Å². The highest BCUT2D eigenvalue weighted by Gasteiger charge is 2.26. The zero-order valence-corrected chi connectivity index (χ0v) is 16.9. The van der Waals surface area contributed by atoms with Crippen LogP contribution in [0, 0.1) is 0 Å². The lowest BCUT2D eigenvalue weighted by Gasteiger charge is -2.37. The molecule has 2 aromatic rings. The zero-order chi connectivity index (χ0) is 18.5. The largest absolute Gasteiger partial charge is 0.348 e. The Bertz CT molecular complexity index is 713. The SMILES string of the molecule is C[C@H](NC(=O)[C@@H](C)N1CCN(Cc2ccc(Cl)s2)CC1)c1ccccc1. The number of thiophene rings is 1. The van der Waals surface area contributed by atoms with E-state index >= 15 is 0 Å². The average Bonchev–Trinajstić information content (AvgIpc) is 3.07. The third kappa shape index (κ3) is 5.07. The number of hydrogen-bond donors (Lipinski definition) is 1. The number of nitrogens with one attached hydrogen (secondary N) is 1. The van der Waals surface area contributed by atoms with Crippen molar-refractivity contribution in [3.05, 3.63) is 57.2 Å². The highest BCUT2D eigenvalue weighted by atomic mass is 35.5. The van der Waals surface area contributed by atoms with Gasteiger partial charge in [0.2, 0.25) is 5.91 Å². The van der Waals surface area contributed by atoms with Crippen LogP contribution >= 0.6 is 22.9 Å². The van der Waals surface area contributed by atoms with Crippen LogP contribution in [0.5, 0.6) is 0 Å². The van der Waals surface area contributed by atoms with Crippen LogP contribution in [0.15, 0.2) is 42.5 Å². The molecule has 2 atom stereocenters. The van der Waals surface area contributed by atoms with Gasteiger partial charge >= 0.3 is 0 Å². The van der Waals surface area contributed by atoms with E-state index in [9.17, 15) is 4.79 Å². The first kappa shape index (κ1) is 19.4. The van der Waals surface area contributed by atoms with Crippen molar-refractivity contribution in [2.24, 2.45) is 0 Å². The predicted octanol–water partition coefficient (Wildman–Crippen LogP) is 3.79. The summed E-state index contributed by atoms with van der Waals surface area (Å²) in [5, 5.41) is 3.14. The van der Waals surface area contributed by atoms with Gasteiger partial charge in [0.15, 0.2) is 0 Å². The number of carbonyl (C=O) groups excluding carboxylic acids is 1. The first-order valence-electron chi connectivity index (χ1n) is 9.09. The fourth-order valence-corrected chi connectivity index (χ4v) is 4.42. The van der Waals surface area contributed by atoms with Crippen molar-refractivity contribution in [1.29, 1.82) is 0 Å². The Labute approximate surface area is 164 Å². The minimum Gasteiger partial charge on any atom is -0.348 e. The van der Waals surface area contributed by atoms with E-state index in [1.165, 1.54) is 4.88 Å². The van der Waals surface area contributed by atoms with Gasteiger partial charge in [0.1, 0.15) is 0 Å². The molecule has 0 spiro atoms. The van der Waals surface area contributed by atoms with E-state index in [4.69, 9.17) is 11.6 Å². The first-order chi connectivity index (χ1) is 12.5. The van der Waals surface area contributed by atoms with Crippen molar-refractivity contribution in [3.8, 4) is 0 Å². The second-order valence-electron chi connectivity index (χ2n) is 6.83. The summed E-state index contributed by atoms with van der Waals surface area (Å²) in [6.07, 6.45) is 0. The van der Waals surface area contributed by atoms with Crippen LogP contribution < -0.4 is 5.32 Å². The molecule has 0 radical (unpaired) electrons. The molecule has 1 aliphatic rings. The molecular weight excluding hydrogens is 366 g/mol. The maximum absolute atomic E-state index is 12.6. The van der Waals surface area contributed by atoms with Crippen LogP contribution in [0.4, 0.5) is 0 Å². The lowest BCUT2D eigenvalue weighted by molar-refractivity contribution is -0.127. The van der Waals surface area contributed by atoms with Crippen molar-refractivity contribution >= 4 is 28.8 Å². The van der Waals surface area contributed by atoms with Crippen LogP contribution in [0.25, 0.3) is 0 Å². The van der Waals surface area contributed by atoms with E-state index in [1.807, 2.05) is 50.2 Å². The number of hydrogen-bond acceptors (Lipinski definition) is 4. The molecule has 2 heterocycles. The number of rotatable bonds is 6. The summed E-state index contributed by atoms with van der Waals surface area (Å²) < 4.78 is 0.844. The summed E-state index contributed by atoms with van der Waals surface area (Å²) in [5.41, 5.74) is 1.13. The number of halogens is 1. The van der Waals surface area contributed by atoms with Crippen LogP contribution in [-0.2, 0) is 11.3 Å². The fraction of sp³-hybridized carbons (Fsp3) is 0.450. The third-order valence-corrected chi connectivity index (χ3v) is 6.22. The van der Waals surface area contributed by atoms with E-state index in [-0.39, 0.29) is 18.0 Å². The summed E-state index contributed by atoms with van der Waals surface area (Å²) >= 11 is 7.65. The molecule has 0 bridgehead atoms. The second kappa shape index (κ2) is 9.00. The Morgan fingerprint density at radius 3 is 2.42 bits per heavy atom. The molecule has 0 saturated carbocycles. The summed E-state index contributed by atoms with van der Waals surface area (Å²) in [6.45, 7) is 8.74. The van der Waals surface area contributed by atoms with Gasteiger partial charge in [-0.15, -0.1) is 11.3 Å². The molecule has 1 aromatic carbocycles. The van der Waals surface area contributed by atoms with Crippen molar-refractivity contribution in [1.82, 2.24) is 15.1 Å². The third-order valence-electron chi connectivity index (χ3n) is 5.00. The zero-order valence-electron chi connectivity index (χ0n) is 15.3. The van der Waals surface area contributed by atoms with E-state index < -0.39 is 0 Å². The molecule has 1 aliphatic heterocycles. The van der Waals surface area contributed by atoms with Gasteiger partial charge in [-0.3, -0.25) is 14.6 Å². The molecule has 4 nitrogen and oxygen atoms in total. The first-order valence-corrected chi connectivity index (χ1v) is 10.3. The molecule has 1 saturated heterocycles. The van der Waals surface area contributed by atoms with E-state index in [0.717, 1.165) is 42.6 Å². The molecule has 1 N–H and O–H groups in total. The second-order valence-corrected chi connectivity index (χ2v) is 8.63. The monoisotopic (exact) mass is 391 g/mol. The standard InChI is InChI=1S/C20H26ClN3OS/c1-15(17-6-4-3-5-7-17)22-20(25)16(2)24-12-10-23(11-13-24)14-18-8-9-19(21)26-18/h3-9,15-16H,10-14H2,1-2H3,(H,22,25)/t15-,16+/m0/s1. The molecule has 1 fully saturated rings. The van der Waals surface area contributed by atoms with Crippen molar-refractivity contribution in [2.45, 2.75) is 32.5 Å². The van der Waals surface area contributed by atoms with Crippen LogP contribution in [0.2, 0.25) is 4.34 Å². The molecule has 1 aromatic heterocycles. The van der Waals surface area contributed by atoms with Gasteiger partial charge in [-0.25, -0.2) is 0 Å². The van der Waals surface area contributed by atoms with Gasteiger partial charge in [0, 0.05) is 37.6 Å². The minimum atomic E-state index is -0.112. The predicted molar refractivity (Wildman–Crippen MR) is 109 cm³/mol. The highest BCUT2D eigenvalue weighted by Crippen LogP contribution is 2.23. The summed E-state index contributed by atoms with van der Waals surface area (Å²) in [5.74, 6) is 0.0971. The molecule has 6 heteroatoms. The molecule has 3 rings (SSSR count). The van der Waals surface area contributed by atoms with Gasteiger partial charge < -0.3 is 5.32 Å². The van der Waals surface area contributed by atoms with Gasteiger partial charge in [0.25, 0.3) is 0 Å². The average molecular weight is 392 g/mol. The van der Waals surface area contributed by atoms with Crippen molar-refractivity contribution < 1.29 is 4.79 Å². The quantitative estimate of drug-likeness (QED) is 0.813. The molecular formula is C20H26ClN3OS. The molecule has 0 aliphatic carbocycles. The Balaban J connectivity index is 1.46. The Kier molecular flexibility index (Phi) is 6.70. The Morgan fingerprint density at radius 1 is 1.12 bits per heavy atom. The van der Waals surface area contributed by atoms with E-state index in [0.29, 0.717) is 0 Å². The normalized spacial score (nSPS) is 18.4. The lowest BCUT2D eigenvalue weighted by Crippen LogP contribution is -2.53. The van der Waals surface area contributed by atoms with Crippen molar-refractivity contribution in [3.63, 3.8) is 0 Å². The summed E-state index contributed by atoms with van der Waals surface area (Å²) in [6, 6.07) is 14.1. The van der Waals surface area contributed by atoms with E-state index in [1.54, 1.807) is 11.3 Å². The molecule has 0 unspecified atom stereocenters. The summed E-state index contributed by atoms with van der Waals surface area (Å²) in [7, 11) is 0. The van der Waals surface area contributed by atoms with Gasteiger partial charge in [-0.2, -0.15) is 0 Å². The van der Waals surface area contributed by atoms with E-state index in [2.05, 4.69) is 21.2 Å². The van der Waals surface area contributed by atoms with Crippen molar-refractivity contribution in [2.75, 3.05) is 26.2 Å². The number of benzene rings is 1. The van der Waals surface area contributed by atoms with Crippen LogP contribution in [0.1, 0.15) is 30.3 Å². The molecule has 140 valence electrons. The topological polar surface area (TPSA) is 35.6 Å². The number of amides is 1. The fourth-order valence-electron chi connectivity index (χ4n) is 3.29. The molecule has 26 heavy (non-hydrogen) atoms. The Morgan fingerprint density at radius 2 is 1.81 bits per heavy atom. The number of piperazine rings is 1. The highest BCUT2D eigenvalue weighted by molar-refractivity contribution is 7.16. The Hall–Kier alpha value is -1.40. The van der Waals surface area contributed by atoms with Gasteiger partial charge in [-0.1, -0.05) is 41.9 Å². The lowest BCUT2D eigenvalue weighted by atomic mass is 10.1. The molecule has 1 amide bonds. The van der Waals surface area contributed by atoms with Crippen LogP contribution in [-0.4, -0.2) is 47.9 Å². The number of carbonyl (C=O) groups is 1. The minimum absolute atomic E-state index is 0.0241. The van der Waals surface area contributed by atoms with Crippen LogP contribution in [0.3, 0.4) is 0 Å². The van der Waals surface area contributed by atoms with Gasteiger partial charge in [0.05, 0.1) is 16.4 Å². The maximum atomic E-state index is 12.6. The maximum Gasteiger partial charge on any atom is 0.237 e. The number of nitrogens with zero attached hydrogens (tertiary/aromatic N) is 2.